The van der Waals surface area contributed by atoms with Gasteiger partial charge < -0.3 is 31.1 Å². The van der Waals surface area contributed by atoms with Crippen LogP contribution in [0.5, 0.6) is 0 Å². The van der Waals surface area contributed by atoms with E-state index in [1.165, 1.54) is 0 Å². The summed E-state index contributed by atoms with van der Waals surface area (Å²) in [5.41, 5.74) is 6.86. The van der Waals surface area contributed by atoms with E-state index in [0.717, 1.165) is 19.3 Å². The van der Waals surface area contributed by atoms with E-state index in [0.29, 0.717) is 29.5 Å². The summed E-state index contributed by atoms with van der Waals surface area (Å²) in [5.74, 6) is 1.03. The molecule has 1 aliphatic rings. The van der Waals surface area contributed by atoms with Gasteiger partial charge in [0.05, 0.1) is 6.61 Å². The number of aromatic nitrogens is 4. The zero-order valence-electron chi connectivity index (χ0n) is 16.1. The van der Waals surface area contributed by atoms with E-state index in [-0.39, 0.29) is 5.82 Å². The lowest BCUT2D eigenvalue weighted by molar-refractivity contribution is -0.0501. The minimum absolute atomic E-state index is 0.213. The van der Waals surface area contributed by atoms with Crippen LogP contribution in [-0.4, -0.2) is 66.3 Å². The first-order valence-corrected chi connectivity index (χ1v) is 9.60. The summed E-state index contributed by atoms with van der Waals surface area (Å²) in [6, 6.07) is 0. The highest BCUT2D eigenvalue weighted by Gasteiger charge is 2.45. The number of rotatable bonds is 8. The van der Waals surface area contributed by atoms with Gasteiger partial charge in [-0.2, -0.15) is 0 Å². The number of nitrogens with two attached hydrogens (primary N) is 1. The van der Waals surface area contributed by atoms with Crippen LogP contribution in [0.15, 0.2) is 6.08 Å². The number of nitrogens with one attached hydrogen (secondary N) is 1. The summed E-state index contributed by atoms with van der Waals surface area (Å²) in [6.07, 6.45) is 2.50. The van der Waals surface area contributed by atoms with E-state index in [4.69, 9.17) is 10.5 Å². The van der Waals surface area contributed by atoms with Crippen molar-refractivity contribution in [2.75, 3.05) is 24.2 Å². The molecule has 3 heterocycles. The van der Waals surface area contributed by atoms with Crippen molar-refractivity contribution in [2.45, 2.75) is 57.6 Å². The molecule has 0 amide bonds. The van der Waals surface area contributed by atoms with Crippen LogP contribution in [0, 0.1) is 0 Å². The first-order chi connectivity index (χ1) is 13.5. The first kappa shape index (κ1) is 20.5. The molecule has 28 heavy (non-hydrogen) atoms. The molecule has 10 heteroatoms. The Balaban J connectivity index is 2.07. The molecule has 1 saturated heterocycles. The average molecular weight is 392 g/mol. The summed E-state index contributed by atoms with van der Waals surface area (Å²) >= 11 is 0. The van der Waals surface area contributed by atoms with Crippen molar-refractivity contribution in [3.8, 4) is 0 Å². The fourth-order valence-corrected chi connectivity index (χ4v) is 3.22. The third kappa shape index (κ3) is 3.81. The highest BCUT2D eigenvalue weighted by atomic mass is 16.6. The van der Waals surface area contributed by atoms with Crippen molar-refractivity contribution in [1.29, 1.82) is 0 Å². The minimum atomic E-state index is -1.26. The van der Waals surface area contributed by atoms with E-state index in [1.807, 2.05) is 13.0 Å². The lowest BCUT2D eigenvalue weighted by atomic mass is 10.1. The molecule has 0 unspecified atom stereocenters. The van der Waals surface area contributed by atoms with Crippen LogP contribution >= 0.6 is 0 Å². The molecule has 154 valence electrons. The number of nitrogens with zero attached hydrogens (tertiary/aromatic N) is 4. The maximum absolute atomic E-state index is 10.5. The average Bonchev–Trinajstić information content (AvgIpc) is 3.17. The molecule has 0 bridgehead atoms. The monoisotopic (exact) mass is 392 g/mol. The number of anilines is 2. The van der Waals surface area contributed by atoms with Crippen molar-refractivity contribution in [1.82, 2.24) is 19.5 Å². The Labute approximate surface area is 163 Å². The second kappa shape index (κ2) is 8.82. The van der Waals surface area contributed by atoms with Gasteiger partial charge in [-0.25, -0.2) is 15.0 Å². The van der Waals surface area contributed by atoms with Crippen LogP contribution in [0.4, 0.5) is 11.8 Å². The van der Waals surface area contributed by atoms with Crippen molar-refractivity contribution in [3.63, 3.8) is 0 Å². The molecule has 0 radical (unpaired) electrons. The second-order valence-electron chi connectivity index (χ2n) is 6.75. The molecular weight excluding hydrogens is 364 g/mol. The maximum Gasteiger partial charge on any atom is 0.207 e. The van der Waals surface area contributed by atoms with E-state index in [2.05, 4.69) is 27.2 Å². The van der Waals surface area contributed by atoms with Gasteiger partial charge in [0, 0.05) is 6.54 Å². The molecule has 1 fully saturated rings. The standard InChI is InChI=1S/C18H28N6O4/c1-3-5-6-7-8-11-21-15(19)12-16(22-11)24(18(23-12)20-4-2)17-14(27)13(26)10(9-25)28-17/h7-8,10,13-14,17,25-27H,3-6,9H2,1-2H3,(H,20,23)(H2,19,21,22)/b8-7+/t10-,13-,14-,17-/m1/s1. The number of fused-ring (bicyclic) bond motifs is 1. The predicted octanol–water partition coefficient (Wildman–Crippen LogP) is 0.655. The Morgan fingerprint density at radius 1 is 1.21 bits per heavy atom. The van der Waals surface area contributed by atoms with Crippen molar-refractivity contribution in [2.24, 2.45) is 0 Å². The number of unbranched alkanes of at least 4 members (excludes halogenated alkanes) is 2. The second-order valence-corrected chi connectivity index (χ2v) is 6.75. The van der Waals surface area contributed by atoms with Gasteiger partial charge >= 0.3 is 0 Å². The molecule has 0 aliphatic carbocycles. The predicted molar refractivity (Wildman–Crippen MR) is 105 cm³/mol. The van der Waals surface area contributed by atoms with E-state index >= 15 is 0 Å². The zero-order valence-corrected chi connectivity index (χ0v) is 16.1. The van der Waals surface area contributed by atoms with Gasteiger partial charge in [0.2, 0.25) is 5.95 Å². The van der Waals surface area contributed by atoms with Gasteiger partial charge in [-0.1, -0.05) is 25.8 Å². The summed E-state index contributed by atoms with van der Waals surface area (Å²) in [5, 5.41) is 33.1. The molecule has 6 N–H and O–H groups in total. The van der Waals surface area contributed by atoms with Crippen molar-refractivity contribution < 1.29 is 20.1 Å². The smallest absolute Gasteiger partial charge is 0.207 e. The number of aliphatic hydroxyl groups is 3. The zero-order chi connectivity index (χ0) is 20.3. The van der Waals surface area contributed by atoms with E-state index in [9.17, 15) is 15.3 Å². The maximum atomic E-state index is 10.5. The number of nitrogen functional groups attached to an aromatic ring is 1. The molecule has 2 aromatic rings. The van der Waals surface area contributed by atoms with Crippen LogP contribution < -0.4 is 11.1 Å². The fraction of sp³-hybridized carbons (Fsp3) is 0.611. The third-order valence-electron chi connectivity index (χ3n) is 4.68. The van der Waals surface area contributed by atoms with Gasteiger partial charge in [0.15, 0.2) is 29.0 Å². The molecule has 3 rings (SSSR count). The number of allylic oxidation sites excluding steroid dienone is 1. The van der Waals surface area contributed by atoms with E-state index < -0.39 is 31.1 Å². The number of hydrogen-bond acceptors (Lipinski definition) is 9. The third-order valence-corrected chi connectivity index (χ3v) is 4.68. The van der Waals surface area contributed by atoms with Gasteiger partial charge in [0.25, 0.3) is 0 Å². The van der Waals surface area contributed by atoms with Gasteiger partial charge in [-0.3, -0.25) is 4.57 Å². The largest absolute Gasteiger partial charge is 0.394 e. The van der Waals surface area contributed by atoms with Crippen LogP contribution in [0.1, 0.15) is 45.2 Å². The van der Waals surface area contributed by atoms with Gasteiger partial charge in [-0.05, 0) is 19.4 Å². The molecule has 0 aromatic carbocycles. The number of hydrogen-bond donors (Lipinski definition) is 5. The molecular formula is C18H28N6O4. The number of imidazole rings is 1. The molecule has 4 atom stereocenters. The normalized spacial score (nSPS) is 25.2. The lowest BCUT2D eigenvalue weighted by Crippen LogP contribution is -2.33. The Morgan fingerprint density at radius 2 is 2.00 bits per heavy atom. The highest BCUT2D eigenvalue weighted by molar-refractivity contribution is 5.85. The minimum Gasteiger partial charge on any atom is -0.394 e. The van der Waals surface area contributed by atoms with E-state index in [1.54, 1.807) is 10.6 Å². The number of ether oxygens (including phenoxy) is 1. The number of aliphatic hydroxyl groups excluding tert-OH is 3. The highest BCUT2D eigenvalue weighted by Crippen LogP contribution is 2.35. The van der Waals surface area contributed by atoms with Crippen LogP contribution in [0.2, 0.25) is 0 Å². The van der Waals surface area contributed by atoms with Crippen LogP contribution in [-0.2, 0) is 4.74 Å². The Morgan fingerprint density at radius 3 is 2.64 bits per heavy atom. The molecule has 2 aromatic heterocycles. The Kier molecular flexibility index (Phi) is 6.45. The quantitative estimate of drug-likeness (QED) is 0.408. The Bertz CT molecular complexity index is 839. The summed E-state index contributed by atoms with van der Waals surface area (Å²) in [4.78, 5) is 13.3. The van der Waals surface area contributed by atoms with Gasteiger partial charge in [0.1, 0.15) is 18.3 Å². The van der Waals surface area contributed by atoms with Gasteiger partial charge in [-0.15, -0.1) is 0 Å². The molecule has 0 spiro atoms. The SMILES string of the molecule is CCCC/C=C/c1nc(N)c2nc(NCC)n([C@@H]3O[C@H](CO)[C@@H](O)[C@H]3O)c2n1. The summed E-state index contributed by atoms with van der Waals surface area (Å²) in [6.45, 7) is 4.17. The summed E-state index contributed by atoms with van der Waals surface area (Å²) in [7, 11) is 0. The topological polar surface area (TPSA) is 152 Å². The Hall–Kier alpha value is -2.27. The van der Waals surface area contributed by atoms with Crippen LogP contribution in [0.25, 0.3) is 17.2 Å². The lowest BCUT2D eigenvalue weighted by Gasteiger charge is -2.19. The molecule has 1 aliphatic heterocycles. The van der Waals surface area contributed by atoms with Crippen LogP contribution in [0.3, 0.4) is 0 Å². The van der Waals surface area contributed by atoms with Crippen molar-refractivity contribution in [3.05, 3.63) is 11.9 Å². The summed E-state index contributed by atoms with van der Waals surface area (Å²) < 4.78 is 7.24. The van der Waals surface area contributed by atoms with Crippen molar-refractivity contribution >= 4 is 29.0 Å². The molecule has 0 saturated carbocycles. The molecule has 10 nitrogen and oxygen atoms in total. The first-order valence-electron chi connectivity index (χ1n) is 9.60. The fourth-order valence-electron chi connectivity index (χ4n) is 3.22.